The molecule has 0 saturated heterocycles. The first-order chi connectivity index (χ1) is 39.9. The van der Waals surface area contributed by atoms with Gasteiger partial charge in [0.2, 0.25) is 0 Å². The van der Waals surface area contributed by atoms with Gasteiger partial charge < -0.3 is 9.68 Å². The third-order valence-electron chi connectivity index (χ3n) is 18.3. The maximum absolute atomic E-state index is 8.57. The summed E-state index contributed by atoms with van der Waals surface area (Å²) in [5.41, 5.74) is 23.4. The van der Waals surface area contributed by atoms with E-state index in [2.05, 4.69) is 234 Å². The van der Waals surface area contributed by atoms with E-state index in [9.17, 15) is 0 Å². The molecule has 0 aromatic heterocycles. The van der Waals surface area contributed by atoms with Crippen molar-refractivity contribution in [3.63, 3.8) is 0 Å². The van der Waals surface area contributed by atoms with Crippen LogP contribution in [0.3, 0.4) is 0 Å². The van der Waals surface area contributed by atoms with E-state index >= 15 is 0 Å². The number of fused-ring (bicyclic) bond motifs is 20. The zero-order chi connectivity index (χ0) is 56.1. The van der Waals surface area contributed by atoms with Gasteiger partial charge in [-0.2, -0.15) is 0 Å². The number of rotatable bonds is 3. The van der Waals surface area contributed by atoms with E-state index in [0.29, 0.717) is 18.5 Å². The second-order valence-electron chi connectivity index (χ2n) is 22.9. The molecule has 395 valence electrons. The van der Waals surface area contributed by atoms with Crippen LogP contribution in [0.4, 0.5) is 0 Å². The molecule has 1 N–H and O–H groups in total. The van der Waals surface area contributed by atoms with Crippen molar-refractivity contribution in [3.05, 3.63) is 337 Å². The van der Waals surface area contributed by atoms with E-state index in [4.69, 9.17) is 44.5 Å². The molecule has 4 aliphatic carbocycles. The van der Waals surface area contributed by atoms with Crippen LogP contribution >= 0.6 is 34.8 Å². The lowest BCUT2D eigenvalue weighted by Crippen LogP contribution is -2.40. The molecule has 0 amide bonds. The van der Waals surface area contributed by atoms with Crippen molar-refractivity contribution in [2.75, 3.05) is 0 Å². The number of halogens is 3. The Morgan fingerprint density at radius 1 is 0.305 bits per heavy atom. The van der Waals surface area contributed by atoms with Gasteiger partial charge in [0.05, 0.1) is 10.8 Å². The molecule has 1 radical (unpaired) electrons. The zero-order valence-corrected chi connectivity index (χ0v) is 48.1. The summed E-state index contributed by atoms with van der Waals surface area (Å²) in [6.07, 6.45) is 0. The molecule has 6 heteroatoms. The SMILES string of the molecule is CC1(C)c2ccccc2C2(c3ccccc3-c3cc(-c4ccc(Cl)c5ccccc45)ccc32)c2ccccc21.CC1(C)c2ccccc2C2(c3ccccc3-c3cc(Cl)ccc32)c2ccccc21.O[B]Oc1ccc(Cl)c2ccccc12. The van der Waals surface area contributed by atoms with Crippen LogP contribution in [0, 0.1) is 0 Å². The van der Waals surface area contributed by atoms with E-state index in [0.717, 1.165) is 26.2 Å². The summed E-state index contributed by atoms with van der Waals surface area (Å²) in [6, 6.07) is 91.2. The third kappa shape index (κ3) is 7.53. The molecule has 12 aromatic rings. The summed E-state index contributed by atoms with van der Waals surface area (Å²) in [7, 11) is 0.662. The first kappa shape index (κ1) is 52.0. The monoisotopic (exact) mass is 1120 g/mol. The van der Waals surface area contributed by atoms with Gasteiger partial charge in [-0.3, -0.25) is 0 Å². The van der Waals surface area contributed by atoms with Gasteiger partial charge in [-0.05, 0) is 142 Å². The Morgan fingerprint density at radius 3 is 1.13 bits per heavy atom. The molecule has 0 aliphatic heterocycles. The molecule has 0 heterocycles. The molecule has 2 nitrogen and oxygen atoms in total. The summed E-state index contributed by atoms with van der Waals surface area (Å²) in [6.45, 7) is 9.43. The second kappa shape index (κ2) is 19.8. The predicted molar refractivity (Wildman–Crippen MR) is 342 cm³/mol. The number of benzene rings is 12. The first-order valence-electron chi connectivity index (χ1n) is 27.9. The van der Waals surface area contributed by atoms with Gasteiger partial charge in [-0.1, -0.05) is 281 Å². The van der Waals surface area contributed by atoms with Crippen molar-refractivity contribution in [2.24, 2.45) is 0 Å². The topological polar surface area (TPSA) is 29.5 Å². The maximum atomic E-state index is 8.57. The van der Waals surface area contributed by atoms with Gasteiger partial charge in [-0.25, -0.2) is 0 Å². The summed E-state index contributed by atoms with van der Waals surface area (Å²) in [5, 5.41) is 14.9. The molecule has 0 atom stereocenters. The fourth-order valence-electron chi connectivity index (χ4n) is 14.8. The van der Waals surface area contributed by atoms with Crippen LogP contribution in [-0.4, -0.2) is 12.7 Å². The molecule has 82 heavy (non-hydrogen) atoms. The highest BCUT2D eigenvalue weighted by Crippen LogP contribution is 2.64. The smallest absolute Gasteiger partial charge is 0.537 e. The van der Waals surface area contributed by atoms with Crippen molar-refractivity contribution < 1.29 is 9.68 Å². The largest absolute Gasteiger partial charge is 0.569 e. The Morgan fingerprint density at radius 2 is 0.659 bits per heavy atom. The maximum Gasteiger partial charge on any atom is 0.569 e. The van der Waals surface area contributed by atoms with Crippen LogP contribution < -0.4 is 4.65 Å². The quantitative estimate of drug-likeness (QED) is 0.179. The van der Waals surface area contributed by atoms with Crippen LogP contribution in [0.2, 0.25) is 15.1 Å². The predicted octanol–water partition coefficient (Wildman–Crippen LogP) is 19.9. The lowest BCUT2D eigenvalue weighted by molar-refractivity contribution is 0.456. The fraction of sp³-hybridized carbons (Fsp3) is 0.105. The second-order valence-corrected chi connectivity index (χ2v) is 24.2. The van der Waals surface area contributed by atoms with Gasteiger partial charge >= 0.3 is 7.69 Å². The highest BCUT2D eigenvalue weighted by Gasteiger charge is 2.55. The summed E-state index contributed by atoms with van der Waals surface area (Å²) in [4.78, 5) is 0. The minimum Gasteiger partial charge on any atom is -0.537 e. The zero-order valence-electron chi connectivity index (χ0n) is 45.8. The lowest BCUT2D eigenvalue weighted by atomic mass is 9.55. The van der Waals surface area contributed by atoms with E-state index in [-0.39, 0.29) is 21.7 Å². The molecular weight excluding hydrogens is 1060 g/mol. The molecular formula is C76H55BCl3O2. The Bertz CT molecular complexity index is 4460. The molecule has 2 spiro atoms. The third-order valence-corrected chi connectivity index (χ3v) is 19.2. The molecule has 0 saturated carbocycles. The van der Waals surface area contributed by atoms with Crippen molar-refractivity contribution in [1.29, 1.82) is 0 Å². The summed E-state index contributed by atoms with van der Waals surface area (Å²) in [5.74, 6) is 0.590. The lowest BCUT2D eigenvalue weighted by Gasteiger charge is -2.46. The van der Waals surface area contributed by atoms with Crippen LogP contribution in [0.5, 0.6) is 5.75 Å². The Balaban J connectivity index is 0.000000122. The van der Waals surface area contributed by atoms with Crippen molar-refractivity contribution in [2.45, 2.75) is 49.4 Å². The highest BCUT2D eigenvalue weighted by molar-refractivity contribution is 6.36. The van der Waals surface area contributed by atoms with Gasteiger partial charge in [0.25, 0.3) is 0 Å². The first-order valence-corrected chi connectivity index (χ1v) is 29.1. The van der Waals surface area contributed by atoms with Crippen molar-refractivity contribution >= 4 is 64.0 Å². The van der Waals surface area contributed by atoms with Gasteiger partial charge in [0.15, 0.2) is 0 Å². The number of hydrogen-bond donors (Lipinski definition) is 1. The molecule has 0 unspecified atom stereocenters. The van der Waals surface area contributed by atoms with E-state index < -0.39 is 0 Å². The van der Waals surface area contributed by atoms with Crippen LogP contribution in [0.25, 0.3) is 54.9 Å². The van der Waals surface area contributed by atoms with Crippen LogP contribution in [-0.2, 0) is 21.7 Å². The summed E-state index contributed by atoms with van der Waals surface area (Å²) >= 11 is 19.1. The average molecular weight is 1120 g/mol. The minimum absolute atomic E-state index is 0.0530. The minimum atomic E-state index is -0.352. The van der Waals surface area contributed by atoms with E-state index in [1.807, 2.05) is 36.4 Å². The Kier molecular flexibility index (Phi) is 12.5. The molecule has 0 bridgehead atoms. The Labute approximate surface area is 495 Å². The average Bonchev–Trinajstić information content (AvgIpc) is 2.00. The highest BCUT2D eigenvalue weighted by atomic mass is 35.5. The van der Waals surface area contributed by atoms with Gasteiger partial charge in [-0.15, -0.1) is 0 Å². The Hall–Kier alpha value is -8.15. The normalized spacial score (nSPS) is 15.0. The molecule has 16 rings (SSSR count). The van der Waals surface area contributed by atoms with E-state index in [1.165, 1.54) is 106 Å². The van der Waals surface area contributed by atoms with Crippen molar-refractivity contribution in [3.8, 4) is 39.1 Å². The molecule has 4 aliphatic rings. The van der Waals surface area contributed by atoms with Crippen molar-refractivity contribution in [1.82, 2.24) is 0 Å². The van der Waals surface area contributed by atoms with Gasteiger partial charge in [0, 0.05) is 42.1 Å². The standard InChI is InChI=1S/C38H27Cl.C28H21Cl.C10H7BClO2/c1-37(2)32-15-7-9-17-34(32)38(35-18-10-8-16-33(35)37)30-14-6-5-12-27(30)29-23-24(19-21-31(29)38)25-20-22-36(39)28-13-4-3-11-26(25)28;1-27(2)23-11-5-7-13-25(23)28(26-14-8-6-12-24(26)27)21-10-4-3-9-19(21)20-17-18(29)15-16-22(20)28;12-9-5-6-10(14-11-13)8-4-2-1-3-7(8)9/h3-23H,1-2H3;3-17H,1-2H3;1-6,13H. The summed E-state index contributed by atoms with van der Waals surface area (Å²) < 4.78 is 4.95. The van der Waals surface area contributed by atoms with Crippen LogP contribution in [0.15, 0.2) is 255 Å². The molecule has 12 aromatic carbocycles. The van der Waals surface area contributed by atoms with Crippen LogP contribution in [0.1, 0.15) is 94.5 Å². The fourth-order valence-corrected chi connectivity index (χ4v) is 15.4. The van der Waals surface area contributed by atoms with E-state index in [1.54, 1.807) is 12.1 Å². The van der Waals surface area contributed by atoms with Gasteiger partial charge in [0.1, 0.15) is 5.75 Å². The molecule has 0 fully saturated rings. The number of hydrogen-bond acceptors (Lipinski definition) is 2.